The third-order valence-electron chi connectivity index (χ3n) is 4.42. The first-order chi connectivity index (χ1) is 9.15. The van der Waals surface area contributed by atoms with Crippen LogP contribution >= 0.6 is 27.5 Å². The summed E-state index contributed by atoms with van der Waals surface area (Å²) in [7, 11) is 0. The molecule has 0 spiro atoms. The van der Waals surface area contributed by atoms with Crippen molar-refractivity contribution in [2.75, 3.05) is 0 Å². The van der Waals surface area contributed by atoms with E-state index in [1.54, 1.807) is 0 Å². The predicted molar refractivity (Wildman–Crippen MR) is 85.0 cm³/mol. The third-order valence-corrected chi connectivity index (χ3v) is 5.24. The Balaban J connectivity index is 2.12. The SMILES string of the molecule is CCC1CCC(C(NN)c2ccc(Br)cc2Cl)CC1. The van der Waals surface area contributed by atoms with Crippen molar-refractivity contribution >= 4 is 27.5 Å². The quantitative estimate of drug-likeness (QED) is 0.606. The zero-order chi connectivity index (χ0) is 13.8. The first-order valence-corrected chi connectivity index (χ1v) is 8.23. The van der Waals surface area contributed by atoms with Crippen LogP contribution in [0.25, 0.3) is 0 Å². The van der Waals surface area contributed by atoms with Crippen LogP contribution in [0.1, 0.15) is 50.6 Å². The molecule has 4 heteroatoms. The van der Waals surface area contributed by atoms with Gasteiger partial charge in [0.05, 0.1) is 6.04 Å². The van der Waals surface area contributed by atoms with Gasteiger partial charge >= 0.3 is 0 Å². The van der Waals surface area contributed by atoms with Crippen LogP contribution in [0, 0.1) is 11.8 Å². The van der Waals surface area contributed by atoms with Crippen molar-refractivity contribution in [1.82, 2.24) is 5.43 Å². The number of hydrazine groups is 1. The highest BCUT2D eigenvalue weighted by Gasteiger charge is 2.28. The molecule has 2 nitrogen and oxygen atoms in total. The van der Waals surface area contributed by atoms with E-state index in [1.165, 1.54) is 32.1 Å². The maximum absolute atomic E-state index is 6.35. The Kier molecular flexibility index (Phi) is 5.70. The van der Waals surface area contributed by atoms with Gasteiger partial charge in [0, 0.05) is 9.50 Å². The van der Waals surface area contributed by atoms with Gasteiger partial charge < -0.3 is 0 Å². The molecule has 0 amide bonds. The van der Waals surface area contributed by atoms with Crippen LogP contribution in [-0.2, 0) is 0 Å². The van der Waals surface area contributed by atoms with E-state index in [0.29, 0.717) is 5.92 Å². The summed E-state index contributed by atoms with van der Waals surface area (Å²) in [5.74, 6) is 7.28. The average molecular weight is 346 g/mol. The highest BCUT2D eigenvalue weighted by Crippen LogP contribution is 2.39. The van der Waals surface area contributed by atoms with Crippen molar-refractivity contribution in [3.8, 4) is 0 Å². The molecule has 0 aromatic heterocycles. The van der Waals surface area contributed by atoms with E-state index in [9.17, 15) is 0 Å². The number of halogens is 2. The fraction of sp³-hybridized carbons (Fsp3) is 0.600. The topological polar surface area (TPSA) is 38.0 Å². The molecular formula is C15H22BrClN2. The van der Waals surface area contributed by atoms with Gasteiger partial charge in [-0.3, -0.25) is 11.3 Å². The molecular weight excluding hydrogens is 324 g/mol. The van der Waals surface area contributed by atoms with Crippen LogP contribution in [0.15, 0.2) is 22.7 Å². The maximum Gasteiger partial charge on any atom is 0.0502 e. The van der Waals surface area contributed by atoms with Crippen molar-refractivity contribution in [1.29, 1.82) is 0 Å². The Morgan fingerprint density at radius 1 is 1.37 bits per heavy atom. The van der Waals surface area contributed by atoms with Crippen LogP contribution in [-0.4, -0.2) is 0 Å². The van der Waals surface area contributed by atoms with E-state index in [1.807, 2.05) is 12.1 Å². The summed E-state index contributed by atoms with van der Waals surface area (Å²) in [5, 5.41) is 0.787. The Morgan fingerprint density at radius 2 is 2.05 bits per heavy atom. The molecule has 1 aromatic carbocycles. The Morgan fingerprint density at radius 3 is 2.58 bits per heavy atom. The standard InChI is InChI=1S/C15H22BrClN2/c1-2-10-3-5-11(6-4-10)15(19-18)13-8-7-12(16)9-14(13)17/h7-11,15,19H,2-6,18H2,1H3. The predicted octanol–water partition coefficient (Wildman–Crippen LogP) is 4.82. The molecule has 0 saturated heterocycles. The second-order valence-electron chi connectivity index (χ2n) is 5.50. The van der Waals surface area contributed by atoms with Gasteiger partial charge in [-0.25, -0.2) is 0 Å². The molecule has 1 saturated carbocycles. The highest BCUT2D eigenvalue weighted by molar-refractivity contribution is 9.10. The van der Waals surface area contributed by atoms with E-state index in [2.05, 4.69) is 34.3 Å². The van der Waals surface area contributed by atoms with Crippen molar-refractivity contribution in [2.45, 2.75) is 45.1 Å². The summed E-state index contributed by atoms with van der Waals surface area (Å²) in [5.41, 5.74) is 4.10. The number of nitrogens with two attached hydrogens (primary N) is 1. The van der Waals surface area contributed by atoms with Crippen molar-refractivity contribution in [3.63, 3.8) is 0 Å². The number of hydrogen-bond acceptors (Lipinski definition) is 2. The molecule has 1 fully saturated rings. The molecule has 0 bridgehead atoms. The van der Waals surface area contributed by atoms with Gasteiger partial charge in [-0.2, -0.15) is 0 Å². The number of rotatable bonds is 4. The van der Waals surface area contributed by atoms with Crippen molar-refractivity contribution in [3.05, 3.63) is 33.3 Å². The summed E-state index contributed by atoms with van der Waals surface area (Å²) < 4.78 is 1.01. The third kappa shape index (κ3) is 3.72. The smallest absolute Gasteiger partial charge is 0.0502 e. The van der Waals surface area contributed by atoms with Crippen LogP contribution in [0.4, 0.5) is 0 Å². The van der Waals surface area contributed by atoms with Gasteiger partial charge in [0.25, 0.3) is 0 Å². The van der Waals surface area contributed by atoms with Crippen molar-refractivity contribution in [2.24, 2.45) is 17.7 Å². The molecule has 1 aromatic rings. The normalized spacial score (nSPS) is 25.3. The molecule has 0 heterocycles. The minimum absolute atomic E-state index is 0.165. The van der Waals surface area contributed by atoms with Gasteiger partial charge in [-0.05, 0) is 42.4 Å². The molecule has 0 radical (unpaired) electrons. The lowest BCUT2D eigenvalue weighted by molar-refractivity contribution is 0.219. The van der Waals surface area contributed by atoms with Crippen LogP contribution in [0.3, 0.4) is 0 Å². The molecule has 1 unspecified atom stereocenters. The molecule has 19 heavy (non-hydrogen) atoms. The molecule has 1 atom stereocenters. The molecule has 0 aliphatic heterocycles. The zero-order valence-corrected chi connectivity index (χ0v) is 13.7. The lowest BCUT2D eigenvalue weighted by Gasteiger charge is -2.34. The maximum atomic E-state index is 6.35. The Bertz CT molecular complexity index is 417. The fourth-order valence-electron chi connectivity index (χ4n) is 3.16. The van der Waals surface area contributed by atoms with E-state index in [0.717, 1.165) is 21.0 Å². The first kappa shape index (κ1) is 15.3. The monoisotopic (exact) mass is 344 g/mol. The molecule has 106 valence electrons. The van der Waals surface area contributed by atoms with E-state index in [4.69, 9.17) is 17.4 Å². The average Bonchev–Trinajstić information content (AvgIpc) is 2.42. The summed E-state index contributed by atoms with van der Waals surface area (Å²) >= 11 is 9.80. The summed E-state index contributed by atoms with van der Waals surface area (Å²) in [6.45, 7) is 2.29. The highest BCUT2D eigenvalue weighted by atomic mass is 79.9. The Labute approximate surface area is 129 Å². The van der Waals surface area contributed by atoms with Gasteiger partial charge in [0.1, 0.15) is 0 Å². The second kappa shape index (κ2) is 7.07. The van der Waals surface area contributed by atoms with Gasteiger partial charge in [-0.15, -0.1) is 0 Å². The molecule has 2 rings (SSSR count). The molecule has 3 N–H and O–H groups in total. The lowest BCUT2D eigenvalue weighted by atomic mass is 9.76. The molecule has 1 aliphatic carbocycles. The molecule has 1 aliphatic rings. The zero-order valence-electron chi connectivity index (χ0n) is 11.3. The summed E-state index contributed by atoms with van der Waals surface area (Å²) in [6, 6.07) is 6.21. The van der Waals surface area contributed by atoms with Gasteiger partial charge in [0.15, 0.2) is 0 Å². The van der Waals surface area contributed by atoms with Crippen LogP contribution < -0.4 is 11.3 Å². The van der Waals surface area contributed by atoms with Gasteiger partial charge in [0.2, 0.25) is 0 Å². The second-order valence-corrected chi connectivity index (χ2v) is 6.82. The lowest BCUT2D eigenvalue weighted by Crippen LogP contribution is -2.35. The van der Waals surface area contributed by atoms with Gasteiger partial charge in [-0.1, -0.05) is 59.8 Å². The van der Waals surface area contributed by atoms with Crippen LogP contribution in [0.5, 0.6) is 0 Å². The Hall–Kier alpha value is -0.0900. The van der Waals surface area contributed by atoms with E-state index >= 15 is 0 Å². The first-order valence-electron chi connectivity index (χ1n) is 7.06. The van der Waals surface area contributed by atoms with E-state index < -0.39 is 0 Å². The fourth-order valence-corrected chi connectivity index (χ4v) is 3.95. The minimum atomic E-state index is 0.165. The number of hydrogen-bond donors (Lipinski definition) is 2. The van der Waals surface area contributed by atoms with Crippen LogP contribution in [0.2, 0.25) is 5.02 Å². The number of nitrogens with one attached hydrogen (secondary N) is 1. The largest absolute Gasteiger partial charge is 0.271 e. The van der Waals surface area contributed by atoms with E-state index in [-0.39, 0.29) is 6.04 Å². The number of benzene rings is 1. The summed E-state index contributed by atoms with van der Waals surface area (Å²) in [4.78, 5) is 0. The van der Waals surface area contributed by atoms with Crippen molar-refractivity contribution < 1.29 is 0 Å². The summed E-state index contributed by atoms with van der Waals surface area (Å²) in [6.07, 6.45) is 6.40. The minimum Gasteiger partial charge on any atom is -0.271 e.